The van der Waals surface area contributed by atoms with E-state index in [1.54, 1.807) is 6.92 Å². The molecule has 13 heavy (non-hydrogen) atoms. The fourth-order valence-electron chi connectivity index (χ4n) is 1.31. The molecule has 0 amide bonds. The summed E-state index contributed by atoms with van der Waals surface area (Å²) in [6.07, 6.45) is 1.09. The Bertz CT molecular complexity index is 212. The van der Waals surface area contributed by atoms with Crippen LogP contribution in [0.1, 0.15) is 19.8 Å². The minimum Gasteiger partial charge on any atom is -0.469 e. The zero-order chi connectivity index (χ0) is 9.84. The Kier molecular flexibility index (Phi) is 3.28. The minimum atomic E-state index is -0.253. The summed E-state index contributed by atoms with van der Waals surface area (Å²) in [7, 11) is 1.35. The van der Waals surface area contributed by atoms with Crippen LogP contribution in [-0.2, 0) is 19.1 Å². The monoisotopic (exact) mass is 186 g/mol. The Morgan fingerprint density at radius 3 is 2.69 bits per heavy atom. The SMILES string of the molecule is CCOC(=O)C1CC1CC(=O)OC. The van der Waals surface area contributed by atoms with Crippen molar-refractivity contribution < 1.29 is 19.1 Å². The van der Waals surface area contributed by atoms with Crippen molar-refractivity contribution in [3.63, 3.8) is 0 Å². The third-order valence-corrected chi connectivity index (χ3v) is 2.17. The molecule has 0 heterocycles. The molecule has 0 saturated heterocycles. The molecule has 0 aliphatic heterocycles. The molecule has 0 N–H and O–H groups in total. The standard InChI is InChI=1S/C9H14O4/c1-3-13-9(11)7-4-6(7)5-8(10)12-2/h6-7H,3-5H2,1-2H3. The van der Waals surface area contributed by atoms with Gasteiger partial charge in [0.1, 0.15) is 0 Å². The molecule has 1 saturated carbocycles. The maximum absolute atomic E-state index is 11.1. The molecule has 74 valence electrons. The molecule has 1 fully saturated rings. The van der Waals surface area contributed by atoms with Crippen LogP contribution in [0.2, 0.25) is 0 Å². The second kappa shape index (κ2) is 4.25. The van der Waals surface area contributed by atoms with Gasteiger partial charge in [0.2, 0.25) is 0 Å². The van der Waals surface area contributed by atoms with Crippen LogP contribution < -0.4 is 0 Å². The summed E-state index contributed by atoms with van der Waals surface area (Å²) >= 11 is 0. The zero-order valence-electron chi connectivity index (χ0n) is 7.91. The Balaban J connectivity index is 2.22. The van der Waals surface area contributed by atoms with Crippen LogP contribution in [-0.4, -0.2) is 25.7 Å². The Morgan fingerprint density at radius 1 is 1.46 bits per heavy atom. The maximum Gasteiger partial charge on any atom is 0.309 e. The molecule has 4 heteroatoms. The lowest BCUT2D eigenvalue weighted by atomic mass is 10.2. The van der Waals surface area contributed by atoms with Gasteiger partial charge in [-0.05, 0) is 19.3 Å². The second-order valence-electron chi connectivity index (χ2n) is 3.13. The molecule has 0 radical (unpaired) electrons. The number of esters is 2. The van der Waals surface area contributed by atoms with Gasteiger partial charge >= 0.3 is 11.9 Å². The fraction of sp³-hybridized carbons (Fsp3) is 0.778. The smallest absolute Gasteiger partial charge is 0.309 e. The molecule has 0 aromatic heterocycles. The van der Waals surface area contributed by atoms with Crippen molar-refractivity contribution in [1.82, 2.24) is 0 Å². The summed E-state index contributed by atoms with van der Waals surface area (Å²) in [5.41, 5.74) is 0. The average molecular weight is 186 g/mol. The van der Waals surface area contributed by atoms with Gasteiger partial charge in [0.15, 0.2) is 0 Å². The number of carbonyl (C=O) groups is 2. The molecule has 2 unspecified atom stereocenters. The van der Waals surface area contributed by atoms with Gasteiger partial charge in [0.05, 0.1) is 19.6 Å². The largest absolute Gasteiger partial charge is 0.469 e. The highest BCUT2D eigenvalue weighted by Crippen LogP contribution is 2.42. The molecule has 0 spiro atoms. The van der Waals surface area contributed by atoms with Gasteiger partial charge in [-0.1, -0.05) is 0 Å². The van der Waals surface area contributed by atoms with E-state index >= 15 is 0 Å². The van der Waals surface area contributed by atoms with E-state index in [2.05, 4.69) is 4.74 Å². The van der Waals surface area contributed by atoms with E-state index in [-0.39, 0.29) is 23.8 Å². The summed E-state index contributed by atoms with van der Waals surface area (Å²) in [6, 6.07) is 0. The van der Waals surface area contributed by atoms with E-state index in [1.807, 2.05) is 0 Å². The summed E-state index contributed by atoms with van der Waals surface area (Å²) in [4.78, 5) is 21.9. The lowest BCUT2D eigenvalue weighted by molar-refractivity contribution is -0.145. The molecule has 4 nitrogen and oxygen atoms in total. The molecule has 0 aromatic carbocycles. The molecular formula is C9H14O4. The first-order chi connectivity index (χ1) is 6.19. The topological polar surface area (TPSA) is 52.6 Å². The van der Waals surface area contributed by atoms with Gasteiger partial charge in [-0.3, -0.25) is 9.59 Å². The van der Waals surface area contributed by atoms with Gasteiger partial charge < -0.3 is 9.47 Å². The normalized spacial score (nSPS) is 25.1. The predicted molar refractivity (Wildman–Crippen MR) is 44.9 cm³/mol. The molecule has 0 aromatic rings. The molecule has 1 aliphatic rings. The van der Waals surface area contributed by atoms with Crippen LogP contribution in [0.4, 0.5) is 0 Å². The number of hydrogen-bond acceptors (Lipinski definition) is 4. The van der Waals surface area contributed by atoms with Gasteiger partial charge in [-0.2, -0.15) is 0 Å². The Labute approximate surface area is 77.2 Å². The van der Waals surface area contributed by atoms with E-state index < -0.39 is 0 Å². The molecule has 2 atom stereocenters. The van der Waals surface area contributed by atoms with Crippen molar-refractivity contribution in [2.75, 3.05) is 13.7 Å². The zero-order valence-corrected chi connectivity index (χ0v) is 7.91. The van der Waals surface area contributed by atoms with Crippen molar-refractivity contribution in [3.8, 4) is 0 Å². The van der Waals surface area contributed by atoms with Crippen LogP contribution >= 0.6 is 0 Å². The third-order valence-electron chi connectivity index (χ3n) is 2.17. The van der Waals surface area contributed by atoms with Gasteiger partial charge in [-0.25, -0.2) is 0 Å². The van der Waals surface area contributed by atoms with Crippen molar-refractivity contribution >= 4 is 11.9 Å². The predicted octanol–water partition coefficient (Wildman–Crippen LogP) is 0.749. The van der Waals surface area contributed by atoms with E-state index in [1.165, 1.54) is 7.11 Å². The molecule has 1 aliphatic carbocycles. The quantitative estimate of drug-likeness (QED) is 0.608. The van der Waals surface area contributed by atoms with Crippen molar-refractivity contribution in [2.45, 2.75) is 19.8 Å². The first-order valence-corrected chi connectivity index (χ1v) is 4.42. The van der Waals surface area contributed by atoms with Crippen LogP contribution in [0.15, 0.2) is 0 Å². The maximum atomic E-state index is 11.1. The highest BCUT2D eigenvalue weighted by Gasteiger charge is 2.45. The minimum absolute atomic E-state index is 0.0703. The van der Waals surface area contributed by atoms with Gasteiger partial charge in [0, 0.05) is 6.42 Å². The van der Waals surface area contributed by atoms with E-state index in [0.29, 0.717) is 13.0 Å². The molecule has 1 rings (SSSR count). The number of methoxy groups -OCH3 is 1. The van der Waals surface area contributed by atoms with E-state index in [4.69, 9.17) is 4.74 Å². The van der Waals surface area contributed by atoms with Crippen molar-refractivity contribution in [2.24, 2.45) is 11.8 Å². The Morgan fingerprint density at radius 2 is 2.15 bits per heavy atom. The number of rotatable bonds is 4. The van der Waals surface area contributed by atoms with Gasteiger partial charge in [0.25, 0.3) is 0 Å². The molecular weight excluding hydrogens is 172 g/mol. The summed E-state index contributed by atoms with van der Waals surface area (Å²) in [5, 5.41) is 0. The lowest BCUT2D eigenvalue weighted by Crippen LogP contribution is -2.09. The Hall–Kier alpha value is -1.06. The number of carbonyl (C=O) groups excluding carboxylic acids is 2. The van der Waals surface area contributed by atoms with Crippen LogP contribution in [0.3, 0.4) is 0 Å². The lowest BCUT2D eigenvalue weighted by Gasteiger charge is -1.99. The van der Waals surface area contributed by atoms with Crippen LogP contribution in [0.25, 0.3) is 0 Å². The van der Waals surface area contributed by atoms with Crippen LogP contribution in [0.5, 0.6) is 0 Å². The van der Waals surface area contributed by atoms with Gasteiger partial charge in [-0.15, -0.1) is 0 Å². The second-order valence-corrected chi connectivity index (χ2v) is 3.13. The average Bonchev–Trinajstić information content (AvgIpc) is 2.84. The van der Waals surface area contributed by atoms with Crippen molar-refractivity contribution in [3.05, 3.63) is 0 Å². The fourth-order valence-corrected chi connectivity index (χ4v) is 1.31. The number of ether oxygens (including phenoxy) is 2. The summed E-state index contributed by atoms with van der Waals surface area (Å²) < 4.78 is 9.32. The summed E-state index contributed by atoms with van der Waals surface area (Å²) in [6.45, 7) is 2.18. The first-order valence-electron chi connectivity index (χ1n) is 4.42. The third kappa shape index (κ3) is 2.72. The number of hydrogen-bond donors (Lipinski definition) is 0. The van der Waals surface area contributed by atoms with Crippen molar-refractivity contribution in [1.29, 1.82) is 0 Å². The van der Waals surface area contributed by atoms with Crippen LogP contribution in [0, 0.1) is 11.8 Å². The molecule has 0 bridgehead atoms. The first kappa shape index (κ1) is 10.0. The van der Waals surface area contributed by atoms with E-state index in [9.17, 15) is 9.59 Å². The highest BCUT2D eigenvalue weighted by atomic mass is 16.5. The highest BCUT2D eigenvalue weighted by molar-refractivity contribution is 5.78. The summed E-state index contributed by atoms with van der Waals surface area (Å²) in [5.74, 6) is -0.362. The van der Waals surface area contributed by atoms with E-state index in [0.717, 1.165) is 6.42 Å².